The van der Waals surface area contributed by atoms with Gasteiger partial charge in [-0.05, 0) is 52.2 Å². The first kappa shape index (κ1) is 19.2. The van der Waals surface area contributed by atoms with Gasteiger partial charge in [-0.2, -0.15) is 0 Å². The highest BCUT2D eigenvalue weighted by Gasteiger charge is 2.42. The van der Waals surface area contributed by atoms with Gasteiger partial charge in [-0.15, -0.1) is 0 Å². The fourth-order valence-electron chi connectivity index (χ4n) is 4.07. The number of piperazine rings is 1. The van der Waals surface area contributed by atoms with Crippen LogP contribution in [0.1, 0.15) is 18.6 Å². The average molecular weight is 364 g/mol. The number of nitrogens with zero attached hydrogens (tertiary/aromatic N) is 3. The molecule has 2 amide bonds. The molecule has 0 radical (unpaired) electrons. The molecule has 3 rings (SSSR count). The first-order valence-corrected chi connectivity index (χ1v) is 9.58. The molecule has 2 N–H and O–H groups in total. The van der Waals surface area contributed by atoms with Crippen molar-refractivity contribution >= 4 is 6.03 Å². The Morgan fingerprint density at radius 1 is 1.31 bits per heavy atom. The van der Waals surface area contributed by atoms with Crippen LogP contribution in [0.2, 0.25) is 0 Å². The monoisotopic (exact) mass is 364 g/mol. The number of aliphatic hydroxyl groups excluding tert-OH is 1. The number of piperidine rings is 1. The molecule has 7 nitrogen and oxygen atoms in total. The lowest BCUT2D eigenvalue weighted by Crippen LogP contribution is -2.66. The van der Waals surface area contributed by atoms with Gasteiger partial charge in [-0.1, -0.05) is 0 Å². The number of aliphatic hydroxyl groups is 1. The van der Waals surface area contributed by atoms with E-state index in [9.17, 15) is 9.90 Å². The summed E-state index contributed by atoms with van der Waals surface area (Å²) in [6.07, 6.45) is 4.46. The highest BCUT2D eigenvalue weighted by Crippen LogP contribution is 2.31. The standard InChI is InChI=1S/C19H32N4O3/c1-21-7-5-19(6-8-21)15-23(10-9-22(19)2)18(25)20-13-16(14-24)12-17-4-3-11-26-17/h3-4,11,16,24H,5-10,12-15H2,1-2H3,(H,20,25)/t16-/m0/s1. The summed E-state index contributed by atoms with van der Waals surface area (Å²) < 4.78 is 5.34. The van der Waals surface area contributed by atoms with Crippen LogP contribution in [0, 0.1) is 5.92 Å². The van der Waals surface area contributed by atoms with E-state index < -0.39 is 0 Å². The predicted molar refractivity (Wildman–Crippen MR) is 100 cm³/mol. The van der Waals surface area contributed by atoms with E-state index in [4.69, 9.17) is 4.42 Å². The molecule has 0 bridgehead atoms. The van der Waals surface area contributed by atoms with E-state index in [1.165, 1.54) is 0 Å². The van der Waals surface area contributed by atoms with E-state index in [1.54, 1.807) is 6.26 Å². The van der Waals surface area contributed by atoms with Gasteiger partial charge in [-0.3, -0.25) is 4.90 Å². The second-order valence-corrected chi connectivity index (χ2v) is 7.89. The van der Waals surface area contributed by atoms with E-state index >= 15 is 0 Å². The molecular weight excluding hydrogens is 332 g/mol. The average Bonchev–Trinajstić information content (AvgIpc) is 3.16. The third-order valence-corrected chi connectivity index (χ3v) is 6.08. The zero-order chi connectivity index (χ0) is 18.6. The molecule has 3 heterocycles. The molecular formula is C19H32N4O3. The SMILES string of the molecule is CN1CCC2(CC1)CN(C(=O)NC[C@@H](CO)Cc1ccco1)CCN2C. The summed E-state index contributed by atoms with van der Waals surface area (Å²) in [7, 11) is 4.35. The second-order valence-electron chi connectivity index (χ2n) is 7.89. The maximum Gasteiger partial charge on any atom is 0.317 e. The molecule has 0 saturated carbocycles. The summed E-state index contributed by atoms with van der Waals surface area (Å²) in [4.78, 5) is 19.5. The number of hydrogen-bond donors (Lipinski definition) is 2. The zero-order valence-corrected chi connectivity index (χ0v) is 16.0. The van der Waals surface area contributed by atoms with Crippen molar-refractivity contribution in [2.24, 2.45) is 5.92 Å². The highest BCUT2D eigenvalue weighted by atomic mass is 16.3. The summed E-state index contributed by atoms with van der Waals surface area (Å²) in [5.74, 6) is 0.804. The Bertz CT molecular complexity index is 569. The Kier molecular flexibility index (Phi) is 6.21. The molecule has 2 aliphatic rings. The van der Waals surface area contributed by atoms with E-state index in [0.29, 0.717) is 13.0 Å². The van der Waals surface area contributed by atoms with Crippen LogP contribution in [-0.2, 0) is 6.42 Å². The number of urea groups is 1. The van der Waals surface area contributed by atoms with Gasteiger partial charge in [0.15, 0.2) is 0 Å². The number of furan rings is 1. The van der Waals surface area contributed by atoms with E-state index in [1.807, 2.05) is 17.0 Å². The zero-order valence-electron chi connectivity index (χ0n) is 16.0. The van der Waals surface area contributed by atoms with E-state index in [-0.39, 0.29) is 24.1 Å². The molecule has 1 aromatic heterocycles. The number of nitrogens with one attached hydrogen (secondary N) is 1. The topological polar surface area (TPSA) is 72.2 Å². The smallest absolute Gasteiger partial charge is 0.317 e. The van der Waals surface area contributed by atoms with Crippen LogP contribution in [0.4, 0.5) is 4.79 Å². The third kappa shape index (κ3) is 4.39. The van der Waals surface area contributed by atoms with Crippen molar-refractivity contribution in [2.75, 3.05) is 60.0 Å². The van der Waals surface area contributed by atoms with Gasteiger partial charge < -0.3 is 24.6 Å². The Hall–Kier alpha value is -1.57. The van der Waals surface area contributed by atoms with Gasteiger partial charge in [0.1, 0.15) is 5.76 Å². The van der Waals surface area contributed by atoms with Crippen LogP contribution in [-0.4, -0.2) is 91.3 Å². The Morgan fingerprint density at radius 3 is 2.73 bits per heavy atom. The van der Waals surface area contributed by atoms with Crippen LogP contribution in [0.25, 0.3) is 0 Å². The number of carbonyl (C=O) groups is 1. The molecule has 146 valence electrons. The normalized spacial score (nSPS) is 22.5. The molecule has 2 aliphatic heterocycles. The Balaban J connectivity index is 1.52. The van der Waals surface area contributed by atoms with Gasteiger partial charge in [0.05, 0.1) is 6.26 Å². The number of rotatable bonds is 5. The summed E-state index contributed by atoms with van der Waals surface area (Å²) in [6.45, 7) is 5.09. The first-order valence-electron chi connectivity index (χ1n) is 9.58. The molecule has 26 heavy (non-hydrogen) atoms. The van der Waals surface area contributed by atoms with Crippen LogP contribution >= 0.6 is 0 Å². The van der Waals surface area contributed by atoms with Crippen LogP contribution in [0.3, 0.4) is 0 Å². The number of likely N-dealkylation sites (N-methyl/N-ethyl adjacent to an activating group) is 1. The third-order valence-electron chi connectivity index (χ3n) is 6.08. The Labute approximate surface area is 155 Å². The van der Waals surface area contributed by atoms with Gasteiger partial charge in [0.2, 0.25) is 0 Å². The van der Waals surface area contributed by atoms with Crippen LogP contribution < -0.4 is 5.32 Å². The van der Waals surface area contributed by atoms with E-state index in [2.05, 4.69) is 29.2 Å². The number of carbonyl (C=O) groups excluding carboxylic acids is 1. The van der Waals surface area contributed by atoms with E-state index in [0.717, 1.165) is 51.3 Å². The van der Waals surface area contributed by atoms with Gasteiger partial charge >= 0.3 is 6.03 Å². The predicted octanol–water partition coefficient (Wildman–Crippen LogP) is 0.852. The van der Waals surface area contributed by atoms with Crippen LogP contribution in [0.15, 0.2) is 22.8 Å². The van der Waals surface area contributed by atoms with Crippen molar-refractivity contribution in [3.8, 4) is 0 Å². The lowest BCUT2D eigenvalue weighted by atomic mass is 9.84. The minimum Gasteiger partial charge on any atom is -0.469 e. The molecule has 2 fully saturated rings. The van der Waals surface area contributed by atoms with Crippen molar-refractivity contribution in [1.29, 1.82) is 0 Å². The lowest BCUT2D eigenvalue weighted by molar-refractivity contribution is -0.00978. The summed E-state index contributed by atoms with van der Waals surface area (Å²) >= 11 is 0. The van der Waals surface area contributed by atoms with Gasteiger partial charge in [0.25, 0.3) is 0 Å². The number of likely N-dealkylation sites (tertiary alicyclic amines) is 1. The maximum atomic E-state index is 12.7. The Morgan fingerprint density at radius 2 is 2.08 bits per heavy atom. The lowest BCUT2D eigenvalue weighted by Gasteiger charge is -2.52. The van der Waals surface area contributed by atoms with Crippen molar-refractivity contribution < 1.29 is 14.3 Å². The number of amides is 2. The minimum absolute atomic E-state index is 0.0192. The molecule has 1 atom stereocenters. The summed E-state index contributed by atoms with van der Waals surface area (Å²) in [6, 6.07) is 3.72. The maximum absolute atomic E-state index is 12.7. The molecule has 2 saturated heterocycles. The first-order chi connectivity index (χ1) is 12.5. The number of hydrogen-bond acceptors (Lipinski definition) is 5. The largest absolute Gasteiger partial charge is 0.469 e. The molecule has 7 heteroatoms. The molecule has 0 aromatic carbocycles. The molecule has 1 spiro atoms. The summed E-state index contributed by atoms with van der Waals surface area (Å²) in [5.41, 5.74) is 0.104. The van der Waals surface area contributed by atoms with Crippen molar-refractivity contribution in [3.63, 3.8) is 0 Å². The quantitative estimate of drug-likeness (QED) is 0.811. The molecule has 0 unspecified atom stereocenters. The molecule has 1 aromatic rings. The summed E-state index contributed by atoms with van der Waals surface area (Å²) in [5, 5.41) is 12.6. The minimum atomic E-state index is -0.0325. The fraction of sp³-hybridized carbons (Fsp3) is 0.737. The highest BCUT2D eigenvalue weighted by molar-refractivity contribution is 5.74. The fourth-order valence-corrected chi connectivity index (χ4v) is 4.07. The van der Waals surface area contributed by atoms with Crippen molar-refractivity contribution in [3.05, 3.63) is 24.2 Å². The van der Waals surface area contributed by atoms with Gasteiger partial charge in [-0.25, -0.2) is 4.79 Å². The van der Waals surface area contributed by atoms with Gasteiger partial charge in [0, 0.05) is 50.7 Å². The molecule has 0 aliphatic carbocycles. The van der Waals surface area contributed by atoms with Crippen molar-refractivity contribution in [1.82, 2.24) is 20.0 Å². The second kappa shape index (κ2) is 8.41. The van der Waals surface area contributed by atoms with Crippen molar-refractivity contribution in [2.45, 2.75) is 24.8 Å². The van der Waals surface area contributed by atoms with Crippen LogP contribution in [0.5, 0.6) is 0 Å².